The second kappa shape index (κ2) is 13.1. The van der Waals surface area contributed by atoms with Crippen LogP contribution >= 0.6 is 0 Å². The van der Waals surface area contributed by atoms with Crippen LogP contribution in [0.2, 0.25) is 0 Å². The number of allylic oxidation sites excluding steroid dienone is 2. The van der Waals surface area contributed by atoms with E-state index >= 15 is 4.39 Å². The van der Waals surface area contributed by atoms with E-state index in [-0.39, 0.29) is 17.8 Å². The van der Waals surface area contributed by atoms with Gasteiger partial charge in [-0.05, 0) is 111 Å². The highest BCUT2D eigenvalue weighted by molar-refractivity contribution is 5.30. The van der Waals surface area contributed by atoms with Gasteiger partial charge in [-0.1, -0.05) is 38.3 Å². The maximum Gasteiger partial charge on any atom is 0.412 e. The van der Waals surface area contributed by atoms with Crippen molar-refractivity contribution in [2.75, 3.05) is 6.61 Å². The quantitative estimate of drug-likeness (QED) is 0.242. The molecule has 2 aliphatic carbocycles. The van der Waals surface area contributed by atoms with Crippen molar-refractivity contribution < 1.29 is 26.7 Å². The van der Waals surface area contributed by atoms with Crippen LogP contribution in [-0.4, -0.2) is 18.9 Å². The van der Waals surface area contributed by atoms with Gasteiger partial charge in [0.2, 0.25) is 0 Å². The minimum atomic E-state index is -4.64. The van der Waals surface area contributed by atoms with E-state index in [9.17, 15) is 17.6 Å². The van der Waals surface area contributed by atoms with Gasteiger partial charge >= 0.3 is 6.18 Å². The molecule has 1 aromatic carbocycles. The molecule has 6 heteroatoms. The molecule has 2 unspecified atom stereocenters. The molecule has 2 atom stereocenters. The van der Waals surface area contributed by atoms with Crippen molar-refractivity contribution in [2.45, 2.75) is 121 Å². The summed E-state index contributed by atoms with van der Waals surface area (Å²) >= 11 is 0. The van der Waals surface area contributed by atoms with Crippen LogP contribution in [0.5, 0.6) is 0 Å². The highest BCUT2D eigenvalue weighted by atomic mass is 19.4. The smallest absolute Gasteiger partial charge is 0.378 e. The molecule has 0 radical (unpaired) electrons. The third-order valence-corrected chi connectivity index (χ3v) is 9.27. The van der Waals surface area contributed by atoms with Crippen LogP contribution < -0.4 is 0 Å². The average molecular weight is 527 g/mol. The molecule has 0 N–H and O–H groups in total. The summed E-state index contributed by atoms with van der Waals surface area (Å²) in [5, 5.41) is 0. The first-order chi connectivity index (χ1) is 17.7. The number of hydrogen-bond acceptors (Lipinski definition) is 1. The molecule has 0 bridgehead atoms. The molecule has 1 aromatic rings. The fourth-order valence-corrected chi connectivity index (χ4v) is 7.02. The molecule has 1 heterocycles. The second-order valence-electron chi connectivity index (χ2n) is 11.8. The molecule has 0 spiro atoms. The van der Waals surface area contributed by atoms with Gasteiger partial charge in [0, 0.05) is 12.5 Å². The number of rotatable bonds is 8. The normalized spacial score (nSPS) is 31.9. The Kier molecular flexibility index (Phi) is 10.1. The van der Waals surface area contributed by atoms with E-state index in [1.54, 1.807) is 6.07 Å². The van der Waals surface area contributed by atoms with Crippen molar-refractivity contribution in [1.29, 1.82) is 0 Å². The lowest BCUT2D eigenvalue weighted by atomic mass is 9.74. The average Bonchev–Trinajstić information content (AvgIpc) is 2.88. The summed E-state index contributed by atoms with van der Waals surface area (Å²) < 4.78 is 72.7. The number of unbranched alkanes of at least 4 members (excludes halogenated alkanes) is 2. The molecule has 3 aliphatic rings. The van der Waals surface area contributed by atoms with E-state index in [0.717, 1.165) is 43.8 Å². The number of alkyl halides is 3. The first kappa shape index (κ1) is 28.6. The fraction of sp³-hybridized carbons (Fsp3) is 0.742. The highest BCUT2D eigenvalue weighted by Crippen LogP contribution is 2.43. The lowest BCUT2D eigenvalue weighted by Crippen LogP contribution is -2.34. The Hall–Kier alpha value is -1.43. The summed E-state index contributed by atoms with van der Waals surface area (Å²) in [6, 6.07) is 5.58. The van der Waals surface area contributed by atoms with Gasteiger partial charge in [0.25, 0.3) is 0 Å². The zero-order chi connectivity index (χ0) is 26.4. The van der Waals surface area contributed by atoms with Crippen molar-refractivity contribution in [2.24, 2.45) is 17.8 Å². The Morgan fingerprint density at radius 2 is 1.62 bits per heavy atom. The minimum absolute atomic E-state index is 0.0611. The van der Waals surface area contributed by atoms with Gasteiger partial charge in [-0.2, -0.15) is 13.2 Å². The van der Waals surface area contributed by atoms with Gasteiger partial charge in [-0.3, -0.25) is 0 Å². The third kappa shape index (κ3) is 8.03. The Morgan fingerprint density at radius 1 is 0.919 bits per heavy atom. The van der Waals surface area contributed by atoms with E-state index in [2.05, 4.69) is 6.92 Å². The van der Waals surface area contributed by atoms with Gasteiger partial charge in [0.15, 0.2) is 0 Å². The molecule has 0 aromatic heterocycles. The Bertz CT molecular complexity index is 870. The van der Waals surface area contributed by atoms with Crippen LogP contribution in [0.1, 0.15) is 120 Å². The monoisotopic (exact) mass is 526 g/mol. The lowest BCUT2D eigenvalue weighted by Gasteiger charge is -2.38. The van der Waals surface area contributed by atoms with Gasteiger partial charge in [-0.15, -0.1) is 0 Å². The van der Waals surface area contributed by atoms with Crippen molar-refractivity contribution in [1.82, 2.24) is 0 Å². The van der Waals surface area contributed by atoms with E-state index in [1.165, 1.54) is 38.5 Å². The fourth-order valence-electron chi connectivity index (χ4n) is 7.02. The van der Waals surface area contributed by atoms with Crippen LogP contribution in [0.25, 0.3) is 0 Å². The van der Waals surface area contributed by atoms with Crippen LogP contribution in [-0.2, 0) is 4.74 Å². The Balaban J connectivity index is 1.24. The number of halogens is 5. The summed E-state index contributed by atoms with van der Waals surface area (Å²) in [5.74, 6) is -0.390. The summed E-state index contributed by atoms with van der Waals surface area (Å²) in [4.78, 5) is 0. The predicted molar refractivity (Wildman–Crippen MR) is 138 cm³/mol. The summed E-state index contributed by atoms with van der Waals surface area (Å²) in [6.07, 6.45) is 9.17. The summed E-state index contributed by atoms with van der Waals surface area (Å²) in [7, 11) is 0. The largest absolute Gasteiger partial charge is 0.412 e. The molecule has 0 amide bonds. The molecule has 3 fully saturated rings. The second-order valence-corrected chi connectivity index (χ2v) is 11.8. The van der Waals surface area contributed by atoms with E-state index in [1.807, 2.05) is 12.1 Å². The molecule has 1 nitrogen and oxygen atoms in total. The number of benzene rings is 1. The van der Waals surface area contributed by atoms with Gasteiger partial charge < -0.3 is 4.74 Å². The van der Waals surface area contributed by atoms with E-state index in [0.29, 0.717) is 49.2 Å². The van der Waals surface area contributed by atoms with Crippen LogP contribution in [0.3, 0.4) is 0 Å². The SMILES string of the molecule is CCCCCC1CCC(C2CCC(c3ccc(C4CCC(C(F)=CC(F)(F)F)CC4)c(F)c3)CC2)OC1. The number of hydrogen-bond donors (Lipinski definition) is 0. The maximum atomic E-state index is 15.1. The Labute approximate surface area is 219 Å². The van der Waals surface area contributed by atoms with Gasteiger partial charge in [0.05, 0.1) is 12.2 Å². The summed E-state index contributed by atoms with van der Waals surface area (Å²) in [6.45, 7) is 3.15. The molecule has 1 saturated heterocycles. The highest BCUT2D eigenvalue weighted by Gasteiger charge is 2.33. The third-order valence-electron chi connectivity index (χ3n) is 9.27. The van der Waals surface area contributed by atoms with Crippen LogP contribution in [0.4, 0.5) is 22.0 Å². The molecule has 208 valence electrons. The number of ether oxygens (including phenoxy) is 1. The van der Waals surface area contributed by atoms with Gasteiger partial charge in [0.1, 0.15) is 11.6 Å². The van der Waals surface area contributed by atoms with Gasteiger partial charge in [-0.25, -0.2) is 8.78 Å². The first-order valence-corrected chi connectivity index (χ1v) is 14.6. The molecule has 2 saturated carbocycles. The predicted octanol–water partition coefficient (Wildman–Crippen LogP) is 10.2. The molecular formula is C31H43F5O. The molecule has 4 rings (SSSR count). The first-order valence-electron chi connectivity index (χ1n) is 14.6. The maximum absolute atomic E-state index is 15.1. The minimum Gasteiger partial charge on any atom is -0.378 e. The van der Waals surface area contributed by atoms with Crippen LogP contribution in [0.15, 0.2) is 30.1 Å². The van der Waals surface area contributed by atoms with Crippen LogP contribution in [0, 0.1) is 23.6 Å². The van der Waals surface area contributed by atoms with Crippen molar-refractivity contribution in [3.05, 3.63) is 47.0 Å². The topological polar surface area (TPSA) is 9.23 Å². The molecule has 1 aliphatic heterocycles. The zero-order valence-corrected chi connectivity index (χ0v) is 22.2. The zero-order valence-electron chi connectivity index (χ0n) is 22.2. The van der Waals surface area contributed by atoms with Crippen molar-refractivity contribution in [3.8, 4) is 0 Å². The molecular weight excluding hydrogens is 483 g/mol. The standard InChI is InChI=1S/C31H43F5O/c1-2-3-4-5-21-6-17-30(37-20-21)25-13-7-22(8-14-25)26-15-16-27(28(32)18-26)23-9-11-24(12-10-23)29(33)19-31(34,35)36/h15-16,18-19,21-25,30H,2-14,17,20H2,1H3. The van der Waals surface area contributed by atoms with E-state index in [4.69, 9.17) is 4.74 Å². The lowest BCUT2D eigenvalue weighted by molar-refractivity contribution is -0.0820. The Morgan fingerprint density at radius 3 is 2.22 bits per heavy atom. The summed E-state index contributed by atoms with van der Waals surface area (Å²) in [5.41, 5.74) is 1.67. The van der Waals surface area contributed by atoms with Crippen molar-refractivity contribution >= 4 is 0 Å². The van der Waals surface area contributed by atoms with Crippen molar-refractivity contribution in [3.63, 3.8) is 0 Å². The molecule has 37 heavy (non-hydrogen) atoms. The van der Waals surface area contributed by atoms with E-state index < -0.39 is 17.9 Å².